The number of H-pyrrole nitrogens is 1. The number of amides is 1. The van der Waals surface area contributed by atoms with Gasteiger partial charge < -0.3 is 24.8 Å². The number of likely N-dealkylation sites (tertiary alicyclic amines) is 1. The average molecular weight is 344 g/mol. The van der Waals surface area contributed by atoms with Crippen LogP contribution in [0.5, 0.6) is 0 Å². The number of fused-ring (bicyclic) bond motifs is 1. The minimum Gasteiger partial charge on any atom is -0.387 e. The highest BCUT2D eigenvalue weighted by molar-refractivity contribution is 5.98. The molecule has 1 aromatic carbocycles. The third-order valence-corrected chi connectivity index (χ3v) is 5.74. The maximum Gasteiger partial charge on any atom is 0.270 e. The van der Waals surface area contributed by atoms with Gasteiger partial charge in [0.15, 0.2) is 0 Å². The second kappa shape index (κ2) is 5.83. The van der Waals surface area contributed by atoms with Crippen LogP contribution >= 0.6 is 0 Å². The van der Waals surface area contributed by atoms with Crippen LogP contribution in [0.25, 0.3) is 10.9 Å². The molecule has 0 aliphatic carbocycles. The number of aromatic amines is 1. The molecule has 0 radical (unpaired) electrons. The van der Waals surface area contributed by atoms with Gasteiger partial charge in [0.2, 0.25) is 0 Å². The predicted octanol–water partition coefficient (Wildman–Crippen LogP) is 1.67. The maximum atomic E-state index is 12.8. The van der Waals surface area contributed by atoms with Crippen molar-refractivity contribution >= 4 is 16.8 Å². The Kier molecular flexibility index (Phi) is 3.86. The Balaban J connectivity index is 1.49. The van der Waals surface area contributed by atoms with Gasteiger partial charge in [-0.3, -0.25) is 4.79 Å². The molecule has 6 nitrogen and oxygen atoms in total. The smallest absolute Gasteiger partial charge is 0.270 e. The third kappa shape index (κ3) is 2.74. The predicted molar refractivity (Wildman–Crippen MR) is 93.4 cm³/mol. The summed E-state index contributed by atoms with van der Waals surface area (Å²) in [6.45, 7) is 3.09. The van der Waals surface area contributed by atoms with Gasteiger partial charge in [0.25, 0.3) is 5.91 Å². The van der Waals surface area contributed by atoms with Crippen LogP contribution in [-0.2, 0) is 4.74 Å². The fourth-order valence-corrected chi connectivity index (χ4v) is 4.11. The summed E-state index contributed by atoms with van der Waals surface area (Å²) in [6, 6.07) is 9.68. The maximum absolute atomic E-state index is 12.8. The summed E-state index contributed by atoms with van der Waals surface area (Å²) >= 11 is 0. The number of nitrogens with one attached hydrogen (secondary N) is 1. The zero-order valence-corrected chi connectivity index (χ0v) is 14.4. The molecule has 0 saturated carbocycles. The van der Waals surface area contributed by atoms with Gasteiger partial charge in [0.05, 0.1) is 12.2 Å². The quantitative estimate of drug-likeness (QED) is 0.735. The van der Waals surface area contributed by atoms with Gasteiger partial charge in [-0.15, -0.1) is 0 Å². The SMILES string of the molecule is C[C@@]1(O)CCOC2(CCN(C(=O)c3cc4ccccc4[nH]3)CC2)[C@H]1O. The van der Waals surface area contributed by atoms with Crippen molar-refractivity contribution in [2.24, 2.45) is 0 Å². The summed E-state index contributed by atoms with van der Waals surface area (Å²) in [4.78, 5) is 17.8. The summed E-state index contributed by atoms with van der Waals surface area (Å²) in [5.41, 5.74) is -0.365. The van der Waals surface area contributed by atoms with Crippen molar-refractivity contribution in [2.75, 3.05) is 19.7 Å². The van der Waals surface area contributed by atoms with Crippen LogP contribution in [0, 0.1) is 0 Å². The van der Waals surface area contributed by atoms with E-state index in [1.165, 1.54) is 0 Å². The van der Waals surface area contributed by atoms with Gasteiger partial charge in [-0.2, -0.15) is 0 Å². The molecule has 2 atom stereocenters. The Morgan fingerprint density at radius 3 is 2.72 bits per heavy atom. The van der Waals surface area contributed by atoms with E-state index in [-0.39, 0.29) is 5.91 Å². The van der Waals surface area contributed by atoms with Gasteiger partial charge in [-0.25, -0.2) is 0 Å². The highest BCUT2D eigenvalue weighted by atomic mass is 16.5. The Hall–Kier alpha value is -1.89. The van der Waals surface area contributed by atoms with E-state index in [1.54, 1.807) is 11.8 Å². The molecular weight excluding hydrogens is 320 g/mol. The molecule has 25 heavy (non-hydrogen) atoms. The number of carbonyl (C=O) groups excluding carboxylic acids is 1. The molecule has 2 fully saturated rings. The standard InChI is InChI=1S/C19H24N2O4/c1-18(24)8-11-25-19(17(18)23)6-9-21(10-7-19)16(22)15-12-13-4-2-3-5-14(13)20-15/h2-5,12,17,20,23-24H,6-11H2,1H3/t17-,18+/m0/s1. The van der Waals surface area contributed by atoms with E-state index in [9.17, 15) is 15.0 Å². The number of para-hydroxylation sites is 1. The number of benzene rings is 1. The number of aliphatic hydroxyl groups excluding tert-OH is 1. The topological polar surface area (TPSA) is 85.8 Å². The van der Waals surface area contributed by atoms with Crippen LogP contribution in [-0.4, -0.2) is 63.0 Å². The number of ether oxygens (including phenoxy) is 1. The van der Waals surface area contributed by atoms with Crippen LogP contribution in [0.3, 0.4) is 0 Å². The van der Waals surface area contributed by atoms with Crippen LogP contribution in [0.4, 0.5) is 0 Å². The van der Waals surface area contributed by atoms with Gasteiger partial charge >= 0.3 is 0 Å². The minimum atomic E-state index is -1.14. The Bertz CT molecular complexity index is 757. The second-order valence-corrected chi connectivity index (χ2v) is 7.49. The number of rotatable bonds is 1. The fourth-order valence-electron chi connectivity index (χ4n) is 4.11. The largest absolute Gasteiger partial charge is 0.387 e. The molecule has 0 unspecified atom stereocenters. The molecule has 3 heterocycles. The van der Waals surface area contributed by atoms with E-state index in [0.29, 0.717) is 44.7 Å². The number of carbonyl (C=O) groups is 1. The van der Waals surface area contributed by atoms with E-state index in [1.807, 2.05) is 30.3 Å². The molecule has 2 aromatic rings. The molecule has 0 bridgehead atoms. The first kappa shape index (κ1) is 16.6. The van der Waals surface area contributed by atoms with E-state index in [0.717, 1.165) is 10.9 Å². The molecular formula is C19H24N2O4. The molecule has 2 saturated heterocycles. The lowest BCUT2D eigenvalue weighted by Crippen LogP contribution is -2.64. The van der Waals surface area contributed by atoms with Crippen molar-refractivity contribution in [1.82, 2.24) is 9.88 Å². The molecule has 1 aromatic heterocycles. The Labute approximate surface area is 146 Å². The van der Waals surface area contributed by atoms with Crippen molar-refractivity contribution in [1.29, 1.82) is 0 Å². The molecule has 134 valence electrons. The lowest BCUT2D eigenvalue weighted by molar-refractivity contribution is -0.244. The molecule has 3 N–H and O–H groups in total. The van der Waals surface area contributed by atoms with Gasteiger partial charge in [-0.05, 0) is 31.9 Å². The summed E-state index contributed by atoms with van der Waals surface area (Å²) in [6.07, 6.45) is 0.541. The van der Waals surface area contributed by atoms with Crippen molar-refractivity contribution < 1.29 is 19.7 Å². The van der Waals surface area contributed by atoms with E-state index < -0.39 is 17.3 Å². The molecule has 4 rings (SSSR count). The zero-order chi connectivity index (χ0) is 17.7. The second-order valence-electron chi connectivity index (χ2n) is 7.49. The molecule has 6 heteroatoms. The van der Waals surface area contributed by atoms with Crippen molar-refractivity contribution in [2.45, 2.75) is 43.5 Å². The Morgan fingerprint density at radius 1 is 1.28 bits per heavy atom. The van der Waals surface area contributed by atoms with Crippen LogP contribution < -0.4 is 0 Å². The van der Waals surface area contributed by atoms with E-state index in [4.69, 9.17) is 4.74 Å². The number of aromatic nitrogens is 1. The lowest BCUT2D eigenvalue weighted by atomic mass is 9.75. The Morgan fingerprint density at radius 2 is 2.00 bits per heavy atom. The van der Waals surface area contributed by atoms with Crippen LogP contribution in [0.15, 0.2) is 30.3 Å². The fraction of sp³-hybridized carbons (Fsp3) is 0.526. The third-order valence-electron chi connectivity index (χ3n) is 5.74. The zero-order valence-electron chi connectivity index (χ0n) is 14.4. The number of hydrogen-bond donors (Lipinski definition) is 3. The summed E-state index contributed by atoms with van der Waals surface area (Å²) in [5.74, 6) is -0.0388. The minimum absolute atomic E-state index is 0.0388. The molecule has 2 aliphatic heterocycles. The van der Waals surface area contributed by atoms with Crippen molar-refractivity contribution in [3.05, 3.63) is 36.0 Å². The first-order chi connectivity index (χ1) is 11.9. The van der Waals surface area contributed by atoms with Crippen molar-refractivity contribution in [3.63, 3.8) is 0 Å². The normalized spacial score (nSPS) is 29.2. The number of hydrogen-bond acceptors (Lipinski definition) is 4. The molecule has 1 amide bonds. The molecule has 2 aliphatic rings. The monoisotopic (exact) mass is 344 g/mol. The average Bonchev–Trinajstić information content (AvgIpc) is 3.04. The van der Waals surface area contributed by atoms with Gasteiger partial charge in [-0.1, -0.05) is 18.2 Å². The highest BCUT2D eigenvalue weighted by Gasteiger charge is 2.52. The van der Waals surface area contributed by atoms with Gasteiger partial charge in [0.1, 0.15) is 17.4 Å². The molecule has 1 spiro atoms. The van der Waals surface area contributed by atoms with E-state index >= 15 is 0 Å². The number of piperidine rings is 1. The van der Waals surface area contributed by atoms with E-state index in [2.05, 4.69) is 4.98 Å². The van der Waals surface area contributed by atoms with Crippen molar-refractivity contribution in [3.8, 4) is 0 Å². The number of nitrogens with zero attached hydrogens (tertiary/aromatic N) is 1. The summed E-state index contributed by atoms with van der Waals surface area (Å²) in [7, 11) is 0. The van der Waals surface area contributed by atoms with Crippen LogP contribution in [0.1, 0.15) is 36.7 Å². The van der Waals surface area contributed by atoms with Crippen LogP contribution in [0.2, 0.25) is 0 Å². The first-order valence-corrected chi connectivity index (χ1v) is 8.83. The summed E-state index contributed by atoms with van der Waals surface area (Å²) < 4.78 is 5.88. The summed E-state index contributed by atoms with van der Waals surface area (Å²) in [5, 5.41) is 22.0. The first-order valence-electron chi connectivity index (χ1n) is 8.83. The highest BCUT2D eigenvalue weighted by Crippen LogP contribution is 2.40. The number of aliphatic hydroxyl groups is 2. The lowest BCUT2D eigenvalue weighted by Gasteiger charge is -2.51. The van der Waals surface area contributed by atoms with Gasteiger partial charge in [0, 0.05) is 30.4 Å².